The molecule has 0 atom stereocenters. The van der Waals surface area contributed by atoms with Gasteiger partial charge in [-0.05, 0) is 25.8 Å². The Morgan fingerprint density at radius 1 is 1.42 bits per heavy atom. The van der Waals surface area contributed by atoms with Crippen molar-refractivity contribution in [3.05, 3.63) is 12.2 Å². The summed E-state index contributed by atoms with van der Waals surface area (Å²) in [6, 6.07) is 0. The van der Waals surface area contributed by atoms with E-state index in [0.717, 1.165) is 25.5 Å². The zero-order chi connectivity index (χ0) is 13.9. The van der Waals surface area contributed by atoms with Gasteiger partial charge in [0.15, 0.2) is 0 Å². The lowest BCUT2D eigenvalue weighted by atomic mass is 9.96. The summed E-state index contributed by atoms with van der Waals surface area (Å²) in [7, 11) is 2.17. The van der Waals surface area contributed by atoms with Crippen molar-refractivity contribution in [1.82, 2.24) is 19.7 Å². The number of hydrogen-bond acceptors (Lipinski definition) is 4. The third-order valence-corrected chi connectivity index (χ3v) is 4.34. The Morgan fingerprint density at radius 2 is 2.11 bits per heavy atom. The molecule has 0 aromatic carbocycles. The minimum atomic E-state index is 0.175. The molecule has 0 radical (unpaired) electrons. The van der Waals surface area contributed by atoms with E-state index in [4.69, 9.17) is 5.73 Å². The third kappa shape index (κ3) is 3.15. The first kappa shape index (κ1) is 14.5. The van der Waals surface area contributed by atoms with Gasteiger partial charge in [-0.3, -0.25) is 4.90 Å². The Labute approximate surface area is 116 Å². The van der Waals surface area contributed by atoms with E-state index in [9.17, 15) is 0 Å². The van der Waals surface area contributed by atoms with Crippen molar-refractivity contribution >= 4 is 0 Å². The van der Waals surface area contributed by atoms with Crippen molar-refractivity contribution in [2.75, 3.05) is 13.6 Å². The number of aromatic nitrogens is 3. The van der Waals surface area contributed by atoms with Crippen molar-refractivity contribution in [3.8, 4) is 0 Å². The van der Waals surface area contributed by atoms with Gasteiger partial charge in [0.25, 0.3) is 0 Å². The van der Waals surface area contributed by atoms with Crippen molar-refractivity contribution in [1.29, 1.82) is 0 Å². The van der Waals surface area contributed by atoms with Crippen molar-refractivity contribution in [3.63, 3.8) is 0 Å². The molecule has 1 saturated carbocycles. The molecule has 1 aromatic rings. The highest BCUT2D eigenvalue weighted by Gasteiger charge is 2.36. The quantitative estimate of drug-likeness (QED) is 0.849. The Morgan fingerprint density at radius 3 is 2.68 bits per heavy atom. The van der Waals surface area contributed by atoms with Gasteiger partial charge in [-0.1, -0.05) is 26.7 Å². The van der Waals surface area contributed by atoms with Gasteiger partial charge in [-0.15, -0.1) is 0 Å². The predicted octanol–water partition coefficient (Wildman–Crippen LogP) is 1.64. The lowest BCUT2D eigenvalue weighted by Crippen LogP contribution is -2.49. The van der Waals surface area contributed by atoms with E-state index in [-0.39, 0.29) is 5.54 Å². The fourth-order valence-electron chi connectivity index (χ4n) is 3.06. The van der Waals surface area contributed by atoms with E-state index in [1.807, 2.05) is 4.68 Å². The highest BCUT2D eigenvalue weighted by atomic mass is 15.4. The molecule has 0 aliphatic heterocycles. The van der Waals surface area contributed by atoms with Gasteiger partial charge in [0, 0.05) is 18.6 Å². The smallest absolute Gasteiger partial charge is 0.141 e. The van der Waals surface area contributed by atoms with E-state index in [1.54, 1.807) is 6.33 Å². The highest BCUT2D eigenvalue weighted by Crippen LogP contribution is 2.34. The van der Waals surface area contributed by atoms with Crippen LogP contribution in [-0.2, 0) is 13.1 Å². The largest absolute Gasteiger partial charge is 0.329 e. The third-order valence-electron chi connectivity index (χ3n) is 4.34. The molecule has 19 heavy (non-hydrogen) atoms. The van der Waals surface area contributed by atoms with E-state index in [1.165, 1.54) is 25.7 Å². The average molecular weight is 265 g/mol. The summed E-state index contributed by atoms with van der Waals surface area (Å²) in [6.07, 6.45) is 6.66. The van der Waals surface area contributed by atoms with Gasteiger partial charge < -0.3 is 5.73 Å². The summed E-state index contributed by atoms with van der Waals surface area (Å²) in [4.78, 5) is 6.81. The molecule has 0 spiro atoms. The van der Waals surface area contributed by atoms with E-state index in [2.05, 4.69) is 35.9 Å². The first-order valence-corrected chi connectivity index (χ1v) is 7.35. The molecule has 0 bridgehead atoms. The second-order valence-electron chi connectivity index (χ2n) is 6.24. The van der Waals surface area contributed by atoms with Crippen molar-refractivity contribution in [2.45, 2.75) is 58.2 Å². The monoisotopic (exact) mass is 265 g/mol. The number of nitrogens with two attached hydrogens (primary N) is 1. The van der Waals surface area contributed by atoms with E-state index >= 15 is 0 Å². The number of nitrogens with zero attached hydrogens (tertiary/aromatic N) is 4. The summed E-state index contributed by atoms with van der Waals surface area (Å²) in [6.45, 7) is 6.91. The van der Waals surface area contributed by atoms with Crippen LogP contribution in [0.1, 0.15) is 45.4 Å². The van der Waals surface area contributed by atoms with Gasteiger partial charge in [0.2, 0.25) is 0 Å². The van der Waals surface area contributed by atoms with Crippen LogP contribution in [0.3, 0.4) is 0 Å². The van der Waals surface area contributed by atoms with Crippen LogP contribution in [0.2, 0.25) is 0 Å². The maximum atomic E-state index is 6.03. The maximum Gasteiger partial charge on any atom is 0.141 e. The van der Waals surface area contributed by atoms with Gasteiger partial charge in [-0.25, -0.2) is 9.67 Å². The van der Waals surface area contributed by atoms with Gasteiger partial charge in [-0.2, -0.15) is 5.10 Å². The van der Waals surface area contributed by atoms with E-state index < -0.39 is 0 Å². The molecule has 1 fully saturated rings. The first-order valence-electron chi connectivity index (χ1n) is 7.35. The van der Waals surface area contributed by atoms with Crippen molar-refractivity contribution in [2.24, 2.45) is 11.7 Å². The molecule has 0 saturated heterocycles. The Bertz CT molecular complexity index is 392. The fourth-order valence-corrected chi connectivity index (χ4v) is 3.06. The minimum absolute atomic E-state index is 0.175. The maximum absolute atomic E-state index is 6.03. The Hall–Kier alpha value is -0.940. The molecule has 5 nitrogen and oxygen atoms in total. The van der Waals surface area contributed by atoms with Gasteiger partial charge in [0.1, 0.15) is 12.2 Å². The molecule has 1 aliphatic carbocycles. The number of likely N-dealkylation sites (N-methyl/N-ethyl adjacent to an activating group) is 1. The highest BCUT2D eigenvalue weighted by molar-refractivity contribution is 4.97. The Kier molecular flexibility index (Phi) is 4.58. The first-order chi connectivity index (χ1) is 9.07. The average Bonchev–Trinajstić information content (AvgIpc) is 2.99. The summed E-state index contributed by atoms with van der Waals surface area (Å²) in [5.41, 5.74) is 6.21. The topological polar surface area (TPSA) is 60.0 Å². The second kappa shape index (κ2) is 6.01. The number of hydrogen-bond donors (Lipinski definition) is 1. The molecule has 1 aliphatic rings. The zero-order valence-electron chi connectivity index (χ0n) is 12.5. The van der Waals surface area contributed by atoms with Gasteiger partial charge in [0.05, 0.1) is 6.54 Å². The van der Waals surface area contributed by atoms with E-state index in [0.29, 0.717) is 5.92 Å². The fraction of sp³-hybridized carbons (Fsp3) is 0.857. The molecular formula is C14H27N5. The molecule has 2 N–H and O–H groups in total. The van der Waals surface area contributed by atoms with Gasteiger partial charge >= 0.3 is 0 Å². The number of rotatable bonds is 6. The lowest BCUT2D eigenvalue weighted by molar-refractivity contribution is 0.118. The predicted molar refractivity (Wildman–Crippen MR) is 76.6 cm³/mol. The van der Waals surface area contributed by atoms with Crippen LogP contribution < -0.4 is 5.73 Å². The molecule has 1 aromatic heterocycles. The second-order valence-corrected chi connectivity index (χ2v) is 6.24. The molecule has 1 heterocycles. The normalized spacial score (nSPS) is 18.6. The molecule has 108 valence electrons. The zero-order valence-corrected chi connectivity index (χ0v) is 12.5. The summed E-state index contributed by atoms with van der Waals surface area (Å²) in [5, 5.41) is 4.33. The van der Waals surface area contributed by atoms with Crippen LogP contribution in [0, 0.1) is 5.92 Å². The molecule has 2 rings (SSSR count). The summed E-state index contributed by atoms with van der Waals surface area (Å²) < 4.78 is 2.03. The van der Waals surface area contributed by atoms with Crippen LogP contribution in [0.5, 0.6) is 0 Å². The van der Waals surface area contributed by atoms with Crippen molar-refractivity contribution < 1.29 is 0 Å². The summed E-state index contributed by atoms with van der Waals surface area (Å²) >= 11 is 0. The SMILES string of the molecule is CC(C)Cn1ncnc1CN(C)C1(CN)CCCC1. The van der Waals surface area contributed by atoms with Crippen LogP contribution in [-0.4, -0.2) is 38.8 Å². The molecule has 0 amide bonds. The van der Waals surface area contributed by atoms with Crippen LogP contribution in [0.25, 0.3) is 0 Å². The summed E-state index contributed by atoms with van der Waals surface area (Å²) in [5.74, 6) is 1.64. The Balaban J connectivity index is 2.06. The molecule has 5 heteroatoms. The van der Waals surface area contributed by atoms with Crippen LogP contribution in [0.15, 0.2) is 6.33 Å². The lowest BCUT2D eigenvalue weighted by Gasteiger charge is -2.37. The molecule has 0 unspecified atom stereocenters. The standard InChI is InChI=1S/C14H27N5/c1-12(2)8-19-13(16-11-17-19)9-18(3)14(10-15)6-4-5-7-14/h11-12H,4-10,15H2,1-3H3. The van der Waals surface area contributed by atoms with Crippen LogP contribution >= 0.6 is 0 Å². The molecular weight excluding hydrogens is 238 g/mol. The van der Waals surface area contributed by atoms with Crippen LogP contribution in [0.4, 0.5) is 0 Å². The minimum Gasteiger partial charge on any atom is -0.329 e.